The molecule has 2 rings (SSSR count). The normalized spacial score (nSPS) is 12.0. The van der Waals surface area contributed by atoms with Gasteiger partial charge in [0.15, 0.2) is 5.11 Å². The lowest BCUT2D eigenvalue weighted by Gasteiger charge is -2.33. The van der Waals surface area contributed by atoms with Crippen molar-refractivity contribution in [3.05, 3.63) is 52.5 Å². The Morgan fingerprint density at radius 2 is 1.77 bits per heavy atom. The van der Waals surface area contributed by atoms with Crippen LogP contribution in [0, 0.1) is 5.92 Å². The molecule has 0 saturated carbocycles. The van der Waals surface area contributed by atoms with Crippen LogP contribution >= 0.6 is 35.4 Å². The lowest BCUT2D eigenvalue weighted by atomic mass is 10.0. The van der Waals surface area contributed by atoms with E-state index in [0.717, 1.165) is 17.9 Å². The second-order valence-electron chi connectivity index (χ2n) is 6.60. The topological polar surface area (TPSA) is 24.5 Å². The molecule has 0 saturated heterocycles. The summed E-state index contributed by atoms with van der Waals surface area (Å²) in [4.78, 5) is 2.10. The summed E-state index contributed by atoms with van der Waals surface area (Å²) >= 11 is 18.1. The largest absolute Gasteiger partial charge is 0.497 e. The first-order valence-electron chi connectivity index (χ1n) is 8.51. The highest BCUT2D eigenvalue weighted by atomic mass is 35.5. The zero-order valence-corrected chi connectivity index (χ0v) is 17.8. The monoisotopic (exact) mass is 410 g/mol. The van der Waals surface area contributed by atoms with Crippen molar-refractivity contribution in [1.29, 1.82) is 0 Å². The molecule has 2 aromatic rings. The zero-order valence-electron chi connectivity index (χ0n) is 15.4. The number of hydrogen-bond acceptors (Lipinski definition) is 2. The molecular weight excluding hydrogens is 387 g/mol. The molecule has 3 nitrogen and oxygen atoms in total. The number of anilines is 2. The van der Waals surface area contributed by atoms with Gasteiger partial charge in [-0.3, -0.25) is 0 Å². The lowest BCUT2D eigenvalue weighted by Crippen LogP contribution is -2.42. The number of ether oxygens (including phenoxy) is 1. The zero-order chi connectivity index (χ0) is 19.3. The van der Waals surface area contributed by atoms with Gasteiger partial charge >= 0.3 is 0 Å². The number of nitrogens with one attached hydrogen (secondary N) is 1. The third-order valence-electron chi connectivity index (χ3n) is 3.99. The third-order valence-corrected chi connectivity index (χ3v) is 4.86. The number of benzene rings is 2. The molecule has 0 aliphatic heterocycles. The van der Waals surface area contributed by atoms with Crippen LogP contribution in [0.4, 0.5) is 11.4 Å². The van der Waals surface area contributed by atoms with Gasteiger partial charge < -0.3 is 15.0 Å². The standard InChI is InChI=1S/C20H24Cl2N2OS/c1-13(2)11-14(3)24(16-6-8-17(25-4)9-7-16)20(26)23-19-12-15(21)5-10-18(19)22/h5-10,12-14H,11H2,1-4H3,(H,23,26)/t14-/m0/s1. The summed E-state index contributed by atoms with van der Waals surface area (Å²) in [5, 5.41) is 4.99. The number of thiocarbonyl (C=S) groups is 1. The Hall–Kier alpha value is -1.49. The van der Waals surface area contributed by atoms with Gasteiger partial charge in [-0.15, -0.1) is 0 Å². The smallest absolute Gasteiger partial charge is 0.178 e. The summed E-state index contributed by atoms with van der Waals surface area (Å²) in [5.74, 6) is 1.35. The Bertz CT molecular complexity index is 750. The van der Waals surface area contributed by atoms with Crippen molar-refractivity contribution < 1.29 is 4.74 Å². The molecule has 0 unspecified atom stereocenters. The summed E-state index contributed by atoms with van der Waals surface area (Å²) in [6.45, 7) is 6.57. The van der Waals surface area contributed by atoms with Gasteiger partial charge in [0.1, 0.15) is 5.75 Å². The average Bonchev–Trinajstić information content (AvgIpc) is 2.58. The molecule has 0 aliphatic rings. The quantitative estimate of drug-likeness (QED) is 0.539. The van der Waals surface area contributed by atoms with Crippen molar-refractivity contribution in [2.45, 2.75) is 33.2 Å². The first-order valence-corrected chi connectivity index (χ1v) is 9.67. The minimum absolute atomic E-state index is 0.210. The Kier molecular flexibility index (Phi) is 7.56. The minimum Gasteiger partial charge on any atom is -0.497 e. The van der Waals surface area contributed by atoms with E-state index < -0.39 is 0 Å². The van der Waals surface area contributed by atoms with Gasteiger partial charge in [-0.2, -0.15) is 0 Å². The molecule has 6 heteroatoms. The number of methoxy groups -OCH3 is 1. The van der Waals surface area contributed by atoms with Crippen LogP contribution in [-0.4, -0.2) is 18.3 Å². The highest BCUT2D eigenvalue weighted by Crippen LogP contribution is 2.28. The van der Waals surface area contributed by atoms with E-state index in [1.807, 2.05) is 24.3 Å². The summed E-state index contributed by atoms with van der Waals surface area (Å²) in [6.07, 6.45) is 0.997. The van der Waals surface area contributed by atoms with Crippen LogP contribution in [0.5, 0.6) is 5.75 Å². The van der Waals surface area contributed by atoms with Gasteiger partial charge in [-0.1, -0.05) is 37.0 Å². The molecule has 0 radical (unpaired) electrons. The third kappa shape index (κ3) is 5.50. The van der Waals surface area contributed by atoms with E-state index in [-0.39, 0.29) is 6.04 Å². The van der Waals surface area contributed by atoms with E-state index in [0.29, 0.717) is 26.8 Å². The minimum atomic E-state index is 0.210. The molecule has 0 bridgehead atoms. The molecule has 26 heavy (non-hydrogen) atoms. The molecule has 1 atom stereocenters. The lowest BCUT2D eigenvalue weighted by molar-refractivity contribution is 0.415. The maximum atomic E-state index is 6.28. The van der Waals surface area contributed by atoms with Crippen molar-refractivity contribution in [2.75, 3.05) is 17.3 Å². The first-order chi connectivity index (χ1) is 12.3. The van der Waals surface area contributed by atoms with Crippen LogP contribution in [0.25, 0.3) is 0 Å². The maximum absolute atomic E-state index is 6.28. The Labute approximate surface area is 171 Å². The van der Waals surface area contributed by atoms with Crippen molar-refractivity contribution in [1.82, 2.24) is 0 Å². The molecule has 1 N–H and O–H groups in total. The number of hydrogen-bond donors (Lipinski definition) is 1. The highest BCUT2D eigenvalue weighted by Gasteiger charge is 2.21. The van der Waals surface area contributed by atoms with Crippen LogP contribution in [0.2, 0.25) is 10.0 Å². The predicted molar refractivity (Wildman–Crippen MR) is 117 cm³/mol. The summed E-state index contributed by atoms with van der Waals surface area (Å²) in [6, 6.07) is 13.4. The number of rotatable bonds is 6. The summed E-state index contributed by atoms with van der Waals surface area (Å²) in [7, 11) is 1.65. The maximum Gasteiger partial charge on any atom is 0.178 e. The molecule has 0 spiro atoms. The summed E-state index contributed by atoms with van der Waals surface area (Å²) < 4.78 is 5.26. The molecular formula is C20H24Cl2N2OS. The van der Waals surface area contributed by atoms with Crippen LogP contribution < -0.4 is 15.0 Å². The van der Waals surface area contributed by atoms with Crippen LogP contribution in [0.1, 0.15) is 27.2 Å². The van der Waals surface area contributed by atoms with Crippen LogP contribution in [0.3, 0.4) is 0 Å². The van der Waals surface area contributed by atoms with Crippen molar-refractivity contribution in [3.63, 3.8) is 0 Å². The van der Waals surface area contributed by atoms with Crippen molar-refractivity contribution >= 4 is 51.9 Å². The molecule has 140 valence electrons. The van der Waals surface area contributed by atoms with Gasteiger partial charge in [0.25, 0.3) is 0 Å². The molecule has 0 aliphatic carbocycles. The van der Waals surface area contributed by atoms with Crippen molar-refractivity contribution in [3.8, 4) is 5.75 Å². The van der Waals surface area contributed by atoms with E-state index in [2.05, 4.69) is 31.0 Å². The van der Waals surface area contributed by atoms with Crippen molar-refractivity contribution in [2.24, 2.45) is 5.92 Å². The van der Waals surface area contributed by atoms with E-state index in [1.165, 1.54) is 0 Å². The Morgan fingerprint density at radius 3 is 2.35 bits per heavy atom. The molecule has 0 aromatic heterocycles. The van der Waals surface area contributed by atoms with E-state index in [4.69, 9.17) is 40.2 Å². The second kappa shape index (κ2) is 9.45. The van der Waals surface area contributed by atoms with Gasteiger partial charge in [0.2, 0.25) is 0 Å². The fraction of sp³-hybridized carbons (Fsp3) is 0.350. The number of halogens is 2. The Morgan fingerprint density at radius 1 is 1.12 bits per heavy atom. The molecule has 0 fully saturated rings. The fourth-order valence-corrected chi connectivity index (χ4v) is 3.60. The van der Waals surface area contributed by atoms with Gasteiger partial charge in [-0.25, -0.2) is 0 Å². The first kappa shape index (κ1) is 20.8. The summed E-state index contributed by atoms with van der Waals surface area (Å²) in [5.41, 5.74) is 1.69. The van der Waals surface area contributed by atoms with E-state index >= 15 is 0 Å². The van der Waals surface area contributed by atoms with E-state index in [9.17, 15) is 0 Å². The van der Waals surface area contributed by atoms with Crippen LogP contribution in [0.15, 0.2) is 42.5 Å². The SMILES string of the molecule is COc1ccc(N(C(=S)Nc2cc(Cl)ccc2Cl)[C@@H](C)CC(C)C)cc1. The second-order valence-corrected chi connectivity index (χ2v) is 7.83. The Balaban J connectivity index is 2.32. The highest BCUT2D eigenvalue weighted by molar-refractivity contribution is 7.80. The van der Waals surface area contributed by atoms with Gasteiger partial charge in [0.05, 0.1) is 17.8 Å². The van der Waals surface area contributed by atoms with E-state index in [1.54, 1.807) is 25.3 Å². The van der Waals surface area contributed by atoms with Gasteiger partial charge in [0, 0.05) is 16.8 Å². The molecule has 2 aromatic carbocycles. The van der Waals surface area contributed by atoms with Crippen LogP contribution in [-0.2, 0) is 0 Å². The fourth-order valence-electron chi connectivity index (χ4n) is 2.87. The average molecular weight is 411 g/mol. The van der Waals surface area contributed by atoms with Gasteiger partial charge in [-0.05, 0) is 73.9 Å². The predicted octanol–water partition coefficient (Wildman–Crippen LogP) is 6.64. The number of nitrogens with zero attached hydrogens (tertiary/aromatic N) is 1. The molecule has 0 heterocycles. The molecule has 0 amide bonds.